The standard InChI is InChI=1S/C11H6ClF3N2O2/c12-6-1-2-9(7(5-6)11(13,14)15)17-4-3-8(16-17)10(18)19/h1-5H,(H,18,19). The van der Waals surface area contributed by atoms with Gasteiger partial charge in [-0.1, -0.05) is 11.6 Å². The van der Waals surface area contributed by atoms with Crippen LogP contribution in [0.15, 0.2) is 30.5 Å². The second-order valence-electron chi connectivity index (χ2n) is 3.61. The minimum Gasteiger partial charge on any atom is -0.476 e. The molecule has 0 atom stereocenters. The number of carbonyl (C=O) groups is 1. The maximum absolute atomic E-state index is 12.9. The van der Waals surface area contributed by atoms with Gasteiger partial charge < -0.3 is 5.11 Å². The van der Waals surface area contributed by atoms with E-state index in [2.05, 4.69) is 5.10 Å². The lowest BCUT2D eigenvalue weighted by Gasteiger charge is -2.12. The van der Waals surface area contributed by atoms with Crippen molar-refractivity contribution in [3.05, 3.63) is 46.7 Å². The van der Waals surface area contributed by atoms with Crippen LogP contribution in [0.2, 0.25) is 5.02 Å². The summed E-state index contributed by atoms with van der Waals surface area (Å²) in [6, 6.07) is 4.27. The van der Waals surface area contributed by atoms with Crippen LogP contribution >= 0.6 is 11.6 Å². The van der Waals surface area contributed by atoms with Gasteiger partial charge in [-0.3, -0.25) is 0 Å². The molecule has 19 heavy (non-hydrogen) atoms. The first-order valence-electron chi connectivity index (χ1n) is 4.95. The molecular weight excluding hydrogens is 285 g/mol. The lowest BCUT2D eigenvalue weighted by molar-refractivity contribution is -0.137. The molecule has 0 fully saturated rings. The zero-order valence-electron chi connectivity index (χ0n) is 9.15. The summed E-state index contributed by atoms with van der Waals surface area (Å²) in [6.07, 6.45) is -3.47. The van der Waals surface area contributed by atoms with Crippen molar-refractivity contribution in [2.45, 2.75) is 6.18 Å². The zero-order valence-corrected chi connectivity index (χ0v) is 9.90. The maximum atomic E-state index is 12.9. The summed E-state index contributed by atoms with van der Waals surface area (Å²) < 4.78 is 39.4. The van der Waals surface area contributed by atoms with Gasteiger partial charge in [0.15, 0.2) is 5.69 Å². The summed E-state index contributed by atoms with van der Waals surface area (Å²) in [7, 11) is 0. The molecule has 4 nitrogen and oxygen atoms in total. The molecule has 0 saturated heterocycles. The highest BCUT2D eigenvalue weighted by atomic mass is 35.5. The first-order chi connectivity index (χ1) is 8.79. The highest BCUT2D eigenvalue weighted by Crippen LogP contribution is 2.35. The van der Waals surface area contributed by atoms with Crippen LogP contribution in [-0.4, -0.2) is 20.9 Å². The fourth-order valence-electron chi connectivity index (χ4n) is 1.51. The van der Waals surface area contributed by atoms with E-state index in [0.29, 0.717) is 0 Å². The van der Waals surface area contributed by atoms with Crippen molar-refractivity contribution in [3.63, 3.8) is 0 Å². The smallest absolute Gasteiger partial charge is 0.418 e. The number of carboxylic acids is 1. The van der Waals surface area contributed by atoms with Gasteiger partial charge in [-0.2, -0.15) is 18.3 Å². The van der Waals surface area contributed by atoms with Crippen LogP contribution in [0.3, 0.4) is 0 Å². The molecule has 2 rings (SSSR count). The maximum Gasteiger partial charge on any atom is 0.418 e. The number of alkyl halides is 3. The first kappa shape index (κ1) is 13.4. The van der Waals surface area contributed by atoms with E-state index in [-0.39, 0.29) is 16.4 Å². The van der Waals surface area contributed by atoms with E-state index >= 15 is 0 Å². The Balaban J connectivity index is 2.58. The zero-order chi connectivity index (χ0) is 14.2. The molecule has 0 amide bonds. The van der Waals surface area contributed by atoms with E-state index in [1.54, 1.807) is 0 Å². The molecule has 0 aliphatic carbocycles. The molecule has 1 aromatic carbocycles. The Bertz CT molecular complexity index is 637. The van der Waals surface area contributed by atoms with Gasteiger partial charge in [-0.25, -0.2) is 9.48 Å². The number of halogens is 4. The van der Waals surface area contributed by atoms with Crippen LogP contribution in [0.4, 0.5) is 13.2 Å². The average molecular weight is 291 g/mol. The minimum atomic E-state index is -4.62. The normalized spacial score (nSPS) is 11.6. The molecule has 0 radical (unpaired) electrons. The lowest BCUT2D eigenvalue weighted by Crippen LogP contribution is -2.11. The quantitative estimate of drug-likeness (QED) is 0.924. The Labute approximate surface area is 110 Å². The summed E-state index contributed by atoms with van der Waals surface area (Å²) in [4.78, 5) is 10.7. The van der Waals surface area contributed by atoms with Crippen molar-refractivity contribution >= 4 is 17.6 Å². The summed E-state index contributed by atoms with van der Waals surface area (Å²) in [5.41, 5.74) is -1.62. The van der Waals surface area contributed by atoms with E-state index in [4.69, 9.17) is 16.7 Å². The van der Waals surface area contributed by atoms with Crippen LogP contribution in [0.25, 0.3) is 5.69 Å². The topological polar surface area (TPSA) is 55.1 Å². The van der Waals surface area contributed by atoms with Gasteiger partial charge in [0.25, 0.3) is 0 Å². The fraction of sp³-hybridized carbons (Fsp3) is 0.0909. The van der Waals surface area contributed by atoms with Crippen molar-refractivity contribution in [1.82, 2.24) is 9.78 Å². The van der Waals surface area contributed by atoms with Gasteiger partial charge in [0.05, 0.1) is 11.3 Å². The first-order valence-corrected chi connectivity index (χ1v) is 5.33. The van der Waals surface area contributed by atoms with Crippen molar-refractivity contribution in [1.29, 1.82) is 0 Å². The average Bonchev–Trinajstić information content (AvgIpc) is 2.77. The number of carboxylic acid groups (broad SMARTS) is 1. The summed E-state index contributed by atoms with van der Waals surface area (Å²) in [6.45, 7) is 0. The number of benzene rings is 1. The van der Waals surface area contributed by atoms with Crippen LogP contribution in [-0.2, 0) is 6.18 Å². The number of nitrogens with zero attached hydrogens (tertiary/aromatic N) is 2. The minimum absolute atomic E-state index is 0.0679. The number of aromatic carboxylic acids is 1. The molecule has 100 valence electrons. The molecule has 0 unspecified atom stereocenters. The summed E-state index contributed by atoms with van der Waals surface area (Å²) >= 11 is 5.54. The Morgan fingerprint density at radius 1 is 1.32 bits per heavy atom. The molecular formula is C11H6ClF3N2O2. The molecule has 0 saturated carbocycles. The SMILES string of the molecule is O=C(O)c1ccn(-c2ccc(Cl)cc2C(F)(F)F)n1. The third kappa shape index (κ3) is 2.70. The Kier molecular flexibility index (Phi) is 3.23. The van der Waals surface area contributed by atoms with Gasteiger partial charge >= 0.3 is 12.1 Å². The van der Waals surface area contributed by atoms with E-state index in [1.165, 1.54) is 6.07 Å². The van der Waals surface area contributed by atoms with E-state index in [1.807, 2.05) is 0 Å². The second kappa shape index (κ2) is 4.58. The Hall–Kier alpha value is -2.02. The predicted octanol–water partition coefficient (Wildman–Crippen LogP) is 3.24. The summed E-state index contributed by atoms with van der Waals surface area (Å²) in [5, 5.41) is 12.2. The molecule has 8 heteroatoms. The summed E-state index contributed by atoms with van der Waals surface area (Å²) in [5.74, 6) is -1.32. The Morgan fingerprint density at radius 3 is 2.53 bits per heavy atom. The van der Waals surface area contributed by atoms with Crippen molar-refractivity contribution in [3.8, 4) is 5.69 Å². The van der Waals surface area contributed by atoms with Crippen LogP contribution < -0.4 is 0 Å². The van der Waals surface area contributed by atoms with Crippen molar-refractivity contribution in [2.75, 3.05) is 0 Å². The molecule has 0 aliphatic heterocycles. The van der Waals surface area contributed by atoms with Gasteiger partial charge in [-0.05, 0) is 24.3 Å². The van der Waals surface area contributed by atoms with Crippen LogP contribution in [0, 0.1) is 0 Å². The van der Waals surface area contributed by atoms with Crippen molar-refractivity contribution < 1.29 is 23.1 Å². The number of hydrogen-bond donors (Lipinski definition) is 1. The van der Waals surface area contributed by atoms with Crippen LogP contribution in [0.5, 0.6) is 0 Å². The third-order valence-electron chi connectivity index (χ3n) is 2.32. The molecule has 2 aromatic rings. The molecule has 0 aliphatic rings. The van der Waals surface area contributed by atoms with Gasteiger partial charge in [0.2, 0.25) is 0 Å². The highest BCUT2D eigenvalue weighted by Gasteiger charge is 2.34. The second-order valence-corrected chi connectivity index (χ2v) is 4.05. The molecule has 1 N–H and O–H groups in total. The largest absolute Gasteiger partial charge is 0.476 e. The van der Waals surface area contributed by atoms with Gasteiger partial charge in [0, 0.05) is 11.2 Å². The van der Waals surface area contributed by atoms with E-state index < -0.39 is 17.7 Å². The number of rotatable bonds is 2. The molecule has 1 heterocycles. The van der Waals surface area contributed by atoms with E-state index in [9.17, 15) is 18.0 Å². The third-order valence-corrected chi connectivity index (χ3v) is 2.55. The van der Waals surface area contributed by atoms with E-state index in [0.717, 1.165) is 29.1 Å². The monoisotopic (exact) mass is 290 g/mol. The number of hydrogen-bond acceptors (Lipinski definition) is 2. The predicted molar refractivity (Wildman–Crippen MR) is 60.5 cm³/mol. The lowest BCUT2D eigenvalue weighted by atomic mass is 10.1. The van der Waals surface area contributed by atoms with Crippen molar-refractivity contribution in [2.24, 2.45) is 0 Å². The molecule has 0 spiro atoms. The molecule has 0 bridgehead atoms. The van der Waals surface area contributed by atoms with Gasteiger partial charge in [0.1, 0.15) is 0 Å². The molecule has 1 aromatic heterocycles. The highest BCUT2D eigenvalue weighted by molar-refractivity contribution is 6.30. The Morgan fingerprint density at radius 2 is 2.00 bits per heavy atom. The van der Waals surface area contributed by atoms with Gasteiger partial charge in [-0.15, -0.1) is 0 Å². The number of aromatic nitrogens is 2. The van der Waals surface area contributed by atoms with Crippen LogP contribution in [0.1, 0.15) is 16.1 Å². The fourth-order valence-corrected chi connectivity index (χ4v) is 1.68.